The molecule has 63 heavy (non-hydrogen) atoms. The first-order chi connectivity index (χ1) is 30.5. The number of rotatable bonds is 42. The lowest BCUT2D eigenvalue weighted by atomic mass is 10.1. The number of phosphoric ester groups is 1. The Morgan fingerprint density at radius 3 is 1.73 bits per heavy atom. The molecule has 0 amide bonds. The van der Waals surface area contributed by atoms with E-state index in [0.29, 0.717) is 25.7 Å². The van der Waals surface area contributed by atoms with Gasteiger partial charge in [0.05, 0.1) is 19.3 Å². The van der Waals surface area contributed by atoms with Crippen molar-refractivity contribution in [3.8, 4) is 0 Å². The Kier molecular flexibility index (Phi) is 41.1. The van der Waals surface area contributed by atoms with Gasteiger partial charge < -0.3 is 30.3 Å². The Morgan fingerprint density at radius 2 is 1.11 bits per heavy atom. The Hall–Kier alpha value is -3.64. The van der Waals surface area contributed by atoms with Gasteiger partial charge in [0.2, 0.25) is 0 Å². The fraction of sp³-hybridized carbons (Fsp3) is 0.620. The molecule has 0 bridgehead atoms. The van der Waals surface area contributed by atoms with Gasteiger partial charge in [-0.15, -0.1) is 0 Å². The fourth-order valence-electron chi connectivity index (χ4n) is 5.73. The van der Waals surface area contributed by atoms with Gasteiger partial charge in [-0.1, -0.05) is 169 Å². The lowest BCUT2D eigenvalue weighted by Gasteiger charge is -2.20. The van der Waals surface area contributed by atoms with Gasteiger partial charge in [0.1, 0.15) is 12.6 Å². The molecule has 0 saturated heterocycles. The van der Waals surface area contributed by atoms with Gasteiger partial charge in [0.15, 0.2) is 6.10 Å². The summed E-state index contributed by atoms with van der Waals surface area (Å²) in [6, 6.07) is -1.55. The smallest absolute Gasteiger partial charge is 0.472 e. The molecule has 5 N–H and O–H groups in total. The van der Waals surface area contributed by atoms with Crippen molar-refractivity contribution < 1.29 is 52.6 Å². The van der Waals surface area contributed by atoms with E-state index in [1.807, 2.05) is 54.7 Å². The molecule has 0 aromatic carbocycles. The molecule has 0 rings (SSSR count). The molecule has 0 saturated carbocycles. The predicted molar refractivity (Wildman–Crippen MR) is 255 cm³/mol. The quantitative estimate of drug-likeness (QED) is 0.0149. The standard InChI is InChI=1S/C50H82NO11P/c1-3-5-7-9-11-12-13-14-15-16-17-18-19-20-21-26-29-33-37-41-49(54)62-46(43-60-63(57,58)61-44-47(51)50(55)56)42-59-48(53)40-36-32-28-25-23-22-24-27-31-35-39-45(52)38-34-30-10-8-6-4-2/h6,8,11-12,14-15,22-23,27-28,30-32,34-35,39,45-47,52H,3-5,7,9-10,13,16-21,24-26,29,33,36-38,40-44,51H2,1-2H3,(H,55,56)(H,57,58)/b8-6-,12-11-,15-14-,23-22-,31-27-,32-28-,34-30-,39-35+/t45?,46-,47+/m1/s1. The number of carbonyl (C=O) groups is 3. The normalized spacial score (nSPS) is 15.0. The molecule has 0 fully saturated rings. The molecule has 0 aromatic heterocycles. The third-order valence-electron chi connectivity index (χ3n) is 9.41. The highest BCUT2D eigenvalue weighted by atomic mass is 31.2. The number of aliphatic hydroxyl groups excluding tert-OH is 1. The lowest BCUT2D eigenvalue weighted by Crippen LogP contribution is -2.34. The first-order valence-corrected chi connectivity index (χ1v) is 24.9. The Labute approximate surface area is 379 Å². The number of nitrogens with two attached hydrogens (primary N) is 1. The summed E-state index contributed by atoms with van der Waals surface area (Å²) in [6.45, 7) is 2.50. The first kappa shape index (κ1) is 59.4. The van der Waals surface area contributed by atoms with Crippen molar-refractivity contribution in [2.75, 3.05) is 19.8 Å². The maximum atomic E-state index is 12.7. The van der Waals surface area contributed by atoms with Crippen molar-refractivity contribution in [1.29, 1.82) is 0 Å². The van der Waals surface area contributed by atoms with E-state index >= 15 is 0 Å². The number of carboxylic acid groups (broad SMARTS) is 1. The van der Waals surface area contributed by atoms with Gasteiger partial charge in [0.25, 0.3) is 0 Å². The highest BCUT2D eigenvalue weighted by Crippen LogP contribution is 2.43. The van der Waals surface area contributed by atoms with Gasteiger partial charge in [0, 0.05) is 12.8 Å². The van der Waals surface area contributed by atoms with Crippen molar-refractivity contribution in [3.05, 3.63) is 97.2 Å². The SMILES string of the molecule is CC/C=C\C/C=C\CC(O)/C=C/C=C\C/C=C\C/C=C\CCC(=O)OC[C@H](COP(=O)(O)OC[C@H](N)C(=O)O)OC(=O)CCCCCCCCCCC/C=C\C/C=C\CCCCC. The van der Waals surface area contributed by atoms with Crippen molar-refractivity contribution in [2.24, 2.45) is 5.73 Å². The van der Waals surface area contributed by atoms with Crippen LogP contribution in [0.4, 0.5) is 0 Å². The van der Waals surface area contributed by atoms with Crippen LogP contribution in [0.15, 0.2) is 97.2 Å². The minimum Gasteiger partial charge on any atom is -0.480 e. The van der Waals surface area contributed by atoms with Crippen molar-refractivity contribution in [1.82, 2.24) is 0 Å². The highest BCUT2D eigenvalue weighted by Gasteiger charge is 2.28. The third-order valence-corrected chi connectivity index (χ3v) is 10.4. The van der Waals surface area contributed by atoms with Gasteiger partial charge >= 0.3 is 25.7 Å². The summed E-state index contributed by atoms with van der Waals surface area (Å²) in [5, 5.41) is 18.9. The molecule has 13 heteroatoms. The molecule has 358 valence electrons. The summed E-state index contributed by atoms with van der Waals surface area (Å²) in [6.07, 6.45) is 52.2. The van der Waals surface area contributed by atoms with Gasteiger partial charge in [-0.05, 0) is 77.0 Å². The molecule has 0 aliphatic carbocycles. The van der Waals surface area contributed by atoms with Crippen molar-refractivity contribution in [2.45, 2.75) is 180 Å². The number of carboxylic acids is 1. The number of hydrogen-bond donors (Lipinski definition) is 4. The Bertz CT molecular complexity index is 1450. The van der Waals surface area contributed by atoms with E-state index in [0.717, 1.165) is 57.8 Å². The van der Waals surface area contributed by atoms with E-state index in [2.05, 4.69) is 54.8 Å². The number of allylic oxidation sites excluding steroid dienone is 14. The number of phosphoric acid groups is 1. The molecule has 0 aliphatic heterocycles. The second kappa shape index (κ2) is 43.6. The fourth-order valence-corrected chi connectivity index (χ4v) is 6.51. The number of aliphatic hydroxyl groups is 1. The molecule has 0 aliphatic rings. The molecule has 0 aromatic rings. The van der Waals surface area contributed by atoms with E-state index in [-0.39, 0.29) is 12.8 Å². The van der Waals surface area contributed by atoms with E-state index in [1.54, 1.807) is 6.08 Å². The van der Waals surface area contributed by atoms with Gasteiger partial charge in [-0.2, -0.15) is 0 Å². The van der Waals surface area contributed by atoms with Crippen molar-refractivity contribution >= 4 is 25.7 Å². The number of hydrogen-bond acceptors (Lipinski definition) is 10. The summed E-state index contributed by atoms with van der Waals surface area (Å²) < 4.78 is 32.6. The monoisotopic (exact) mass is 904 g/mol. The van der Waals surface area contributed by atoms with Gasteiger partial charge in [-0.3, -0.25) is 23.4 Å². The first-order valence-electron chi connectivity index (χ1n) is 23.4. The number of aliphatic carboxylic acids is 1. The number of esters is 2. The molecule has 2 unspecified atom stereocenters. The molecular formula is C50H82NO11P. The van der Waals surface area contributed by atoms with Gasteiger partial charge in [-0.25, -0.2) is 4.57 Å². The molecule has 0 spiro atoms. The molecule has 12 nitrogen and oxygen atoms in total. The van der Waals surface area contributed by atoms with Crippen LogP contribution in [0.2, 0.25) is 0 Å². The van der Waals surface area contributed by atoms with Crippen LogP contribution >= 0.6 is 7.82 Å². The van der Waals surface area contributed by atoms with E-state index in [9.17, 15) is 28.9 Å². The summed E-state index contributed by atoms with van der Waals surface area (Å²) in [4.78, 5) is 46.0. The van der Waals surface area contributed by atoms with Crippen molar-refractivity contribution in [3.63, 3.8) is 0 Å². The Balaban J connectivity index is 4.50. The zero-order valence-corrected chi connectivity index (χ0v) is 39.4. The predicted octanol–water partition coefficient (Wildman–Crippen LogP) is 11.8. The van der Waals surface area contributed by atoms with Crippen LogP contribution in [0.1, 0.15) is 162 Å². The topological polar surface area (TPSA) is 192 Å². The van der Waals surface area contributed by atoms with Crippen LogP contribution in [-0.4, -0.2) is 71.1 Å². The average Bonchev–Trinajstić information content (AvgIpc) is 3.26. The number of ether oxygens (including phenoxy) is 2. The summed E-state index contributed by atoms with van der Waals surface area (Å²) >= 11 is 0. The molecular weight excluding hydrogens is 822 g/mol. The highest BCUT2D eigenvalue weighted by molar-refractivity contribution is 7.47. The van der Waals surface area contributed by atoms with E-state index < -0.39 is 63.8 Å². The zero-order valence-electron chi connectivity index (χ0n) is 38.5. The van der Waals surface area contributed by atoms with Crippen LogP contribution < -0.4 is 5.73 Å². The molecule has 4 atom stereocenters. The summed E-state index contributed by atoms with van der Waals surface area (Å²) in [7, 11) is -4.75. The number of unbranched alkanes of at least 4 members (excludes halogenated alkanes) is 12. The van der Waals surface area contributed by atoms with Crippen LogP contribution in [0.5, 0.6) is 0 Å². The third kappa shape index (κ3) is 43.4. The van der Waals surface area contributed by atoms with Crippen LogP contribution in [0.25, 0.3) is 0 Å². The Morgan fingerprint density at radius 1 is 0.587 bits per heavy atom. The second-order valence-corrected chi connectivity index (χ2v) is 16.8. The maximum Gasteiger partial charge on any atom is 0.472 e. The maximum absolute atomic E-state index is 12.7. The van der Waals surface area contributed by atoms with E-state index in [1.165, 1.54) is 51.4 Å². The lowest BCUT2D eigenvalue weighted by molar-refractivity contribution is -0.161. The van der Waals surface area contributed by atoms with Crippen LogP contribution in [0, 0.1) is 0 Å². The average molecular weight is 904 g/mol. The van der Waals surface area contributed by atoms with E-state index in [4.69, 9.17) is 24.8 Å². The van der Waals surface area contributed by atoms with Crippen LogP contribution in [0.3, 0.4) is 0 Å². The summed E-state index contributed by atoms with van der Waals surface area (Å²) in [5.41, 5.74) is 5.33. The minimum atomic E-state index is -4.75. The second-order valence-electron chi connectivity index (χ2n) is 15.4. The largest absolute Gasteiger partial charge is 0.480 e. The van der Waals surface area contributed by atoms with Crippen LogP contribution in [-0.2, 0) is 37.5 Å². The zero-order chi connectivity index (χ0) is 46.5. The minimum absolute atomic E-state index is 0.0672. The summed E-state index contributed by atoms with van der Waals surface area (Å²) in [5.74, 6) is -2.54. The molecule has 0 radical (unpaired) electrons. The number of carbonyl (C=O) groups excluding carboxylic acids is 2. The molecule has 0 heterocycles.